The van der Waals surface area contributed by atoms with Crippen LogP contribution in [0.3, 0.4) is 0 Å². The number of amides is 1. The molecule has 0 saturated carbocycles. The van der Waals surface area contributed by atoms with Crippen molar-refractivity contribution >= 4 is 18.3 Å². The van der Waals surface area contributed by atoms with Gasteiger partial charge in [0.05, 0.1) is 5.56 Å². The summed E-state index contributed by atoms with van der Waals surface area (Å²) < 4.78 is 50.4. The second-order valence-corrected chi connectivity index (χ2v) is 4.21. The van der Waals surface area contributed by atoms with Crippen molar-refractivity contribution in [2.24, 2.45) is 5.73 Å². The van der Waals surface area contributed by atoms with Gasteiger partial charge in [-0.15, -0.1) is 12.4 Å². The Kier molecular flexibility index (Phi) is 6.95. The fraction of sp³-hybridized carbons (Fsp3) is 0.417. The maximum Gasteiger partial charge on any atom is 0.419 e. The van der Waals surface area contributed by atoms with Crippen molar-refractivity contribution in [3.8, 4) is 0 Å². The lowest BCUT2D eigenvalue weighted by atomic mass is 10.1. The number of hydrogen-bond donors (Lipinski definition) is 2. The SMILES string of the molecule is CC(N)CCNC(=O)c1ccc(F)c(C(F)(F)F)c1.Cl. The van der Waals surface area contributed by atoms with Gasteiger partial charge in [-0.2, -0.15) is 13.2 Å². The van der Waals surface area contributed by atoms with Crippen LogP contribution in [0.25, 0.3) is 0 Å². The van der Waals surface area contributed by atoms with Gasteiger partial charge in [-0.1, -0.05) is 0 Å². The molecule has 0 aromatic heterocycles. The first kappa shape index (κ1) is 18.7. The predicted octanol–water partition coefficient (Wildman–Crippen LogP) is 2.73. The van der Waals surface area contributed by atoms with Gasteiger partial charge in [0.25, 0.3) is 5.91 Å². The first-order valence-electron chi connectivity index (χ1n) is 5.62. The van der Waals surface area contributed by atoms with E-state index < -0.39 is 23.5 Å². The summed E-state index contributed by atoms with van der Waals surface area (Å²) in [5.41, 5.74) is 3.78. The Balaban J connectivity index is 0.00000361. The van der Waals surface area contributed by atoms with Gasteiger partial charge < -0.3 is 11.1 Å². The number of benzene rings is 1. The topological polar surface area (TPSA) is 55.1 Å². The monoisotopic (exact) mass is 314 g/mol. The van der Waals surface area contributed by atoms with E-state index in [4.69, 9.17) is 5.73 Å². The number of halogens is 5. The third-order valence-electron chi connectivity index (χ3n) is 2.42. The van der Waals surface area contributed by atoms with E-state index >= 15 is 0 Å². The van der Waals surface area contributed by atoms with Crippen LogP contribution in [0, 0.1) is 5.82 Å². The van der Waals surface area contributed by atoms with E-state index in [1.807, 2.05) is 0 Å². The number of rotatable bonds is 4. The van der Waals surface area contributed by atoms with Crippen LogP contribution in [0.5, 0.6) is 0 Å². The molecule has 0 bridgehead atoms. The Bertz CT molecular complexity index is 463. The molecule has 0 fully saturated rings. The molecule has 0 radical (unpaired) electrons. The van der Waals surface area contributed by atoms with Crippen LogP contribution in [0.2, 0.25) is 0 Å². The molecule has 1 aromatic rings. The van der Waals surface area contributed by atoms with Crippen LogP contribution in [-0.4, -0.2) is 18.5 Å². The number of carbonyl (C=O) groups is 1. The fourth-order valence-electron chi connectivity index (χ4n) is 1.40. The fourth-order valence-corrected chi connectivity index (χ4v) is 1.40. The molecule has 20 heavy (non-hydrogen) atoms. The van der Waals surface area contributed by atoms with Crippen LogP contribution >= 0.6 is 12.4 Å². The zero-order valence-corrected chi connectivity index (χ0v) is 11.4. The second-order valence-electron chi connectivity index (χ2n) is 4.21. The van der Waals surface area contributed by atoms with Crippen LogP contribution in [-0.2, 0) is 6.18 Å². The van der Waals surface area contributed by atoms with Crippen LogP contribution in [0.15, 0.2) is 18.2 Å². The van der Waals surface area contributed by atoms with E-state index in [9.17, 15) is 22.4 Å². The largest absolute Gasteiger partial charge is 0.419 e. The van der Waals surface area contributed by atoms with Gasteiger partial charge in [-0.3, -0.25) is 4.79 Å². The average molecular weight is 315 g/mol. The van der Waals surface area contributed by atoms with Gasteiger partial charge in [-0.05, 0) is 31.5 Å². The molecule has 1 aromatic carbocycles. The van der Waals surface area contributed by atoms with Crippen molar-refractivity contribution < 1.29 is 22.4 Å². The number of nitrogens with one attached hydrogen (secondary N) is 1. The maximum atomic E-state index is 13.0. The summed E-state index contributed by atoms with van der Waals surface area (Å²) in [5.74, 6) is -2.09. The molecule has 3 nitrogen and oxygen atoms in total. The second kappa shape index (κ2) is 7.44. The molecule has 1 amide bonds. The maximum absolute atomic E-state index is 13.0. The van der Waals surface area contributed by atoms with Gasteiger partial charge in [-0.25, -0.2) is 4.39 Å². The Morgan fingerprint density at radius 1 is 1.40 bits per heavy atom. The summed E-state index contributed by atoms with van der Waals surface area (Å²) in [6.07, 6.45) is -4.33. The highest BCUT2D eigenvalue weighted by atomic mass is 35.5. The van der Waals surface area contributed by atoms with Crippen LogP contribution < -0.4 is 11.1 Å². The van der Waals surface area contributed by atoms with Gasteiger partial charge in [0.1, 0.15) is 5.82 Å². The van der Waals surface area contributed by atoms with E-state index in [0.29, 0.717) is 18.6 Å². The van der Waals surface area contributed by atoms with E-state index in [1.165, 1.54) is 0 Å². The summed E-state index contributed by atoms with van der Waals surface area (Å²) in [6.45, 7) is 1.99. The molecule has 8 heteroatoms. The Labute approximate surface area is 119 Å². The molecule has 0 aliphatic rings. The summed E-state index contributed by atoms with van der Waals surface area (Å²) >= 11 is 0. The summed E-state index contributed by atoms with van der Waals surface area (Å²) in [4.78, 5) is 11.6. The zero-order chi connectivity index (χ0) is 14.6. The molecule has 1 rings (SSSR count). The van der Waals surface area contributed by atoms with Crippen molar-refractivity contribution in [2.75, 3.05) is 6.54 Å². The van der Waals surface area contributed by atoms with Crippen molar-refractivity contribution in [3.63, 3.8) is 0 Å². The smallest absolute Gasteiger partial charge is 0.352 e. The zero-order valence-electron chi connectivity index (χ0n) is 10.6. The lowest BCUT2D eigenvalue weighted by Gasteiger charge is -2.11. The Morgan fingerprint density at radius 2 is 2.00 bits per heavy atom. The number of nitrogens with two attached hydrogens (primary N) is 1. The van der Waals surface area contributed by atoms with Gasteiger partial charge in [0.2, 0.25) is 0 Å². The van der Waals surface area contributed by atoms with Crippen molar-refractivity contribution in [2.45, 2.75) is 25.6 Å². The molecular weight excluding hydrogens is 300 g/mol. The normalized spacial score (nSPS) is 12.5. The molecule has 1 unspecified atom stereocenters. The van der Waals surface area contributed by atoms with Crippen molar-refractivity contribution in [1.82, 2.24) is 5.32 Å². The van der Waals surface area contributed by atoms with Crippen molar-refractivity contribution in [1.29, 1.82) is 0 Å². The third kappa shape index (κ3) is 5.34. The highest BCUT2D eigenvalue weighted by Crippen LogP contribution is 2.31. The average Bonchev–Trinajstić information content (AvgIpc) is 2.27. The van der Waals surface area contributed by atoms with E-state index in [0.717, 1.165) is 6.07 Å². The Morgan fingerprint density at radius 3 is 2.50 bits per heavy atom. The minimum Gasteiger partial charge on any atom is -0.352 e. The van der Waals surface area contributed by atoms with E-state index in [2.05, 4.69) is 5.32 Å². The summed E-state index contributed by atoms with van der Waals surface area (Å²) in [7, 11) is 0. The molecule has 0 heterocycles. The summed E-state index contributed by atoms with van der Waals surface area (Å²) in [6, 6.07) is 2.00. The van der Waals surface area contributed by atoms with Gasteiger partial charge >= 0.3 is 6.18 Å². The van der Waals surface area contributed by atoms with E-state index in [-0.39, 0.29) is 30.6 Å². The minimum atomic E-state index is -4.83. The number of carbonyl (C=O) groups excluding carboxylic acids is 1. The molecular formula is C12H15ClF4N2O. The molecule has 114 valence electrons. The standard InChI is InChI=1S/C12H14F4N2O.ClH/c1-7(17)4-5-18-11(19)8-2-3-10(13)9(6-8)12(14,15)16;/h2-3,6-7H,4-5,17H2,1H3,(H,18,19);1H. The molecule has 3 N–H and O–H groups in total. The number of alkyl halides is 3. The first-order chi connectivity index (χ1) is 8.71. The predicted molar refractivity (Wildman–Crippen MR) is 69.2 cm³/mol. The Hall–Kier alpha value is -1.34. The van der Waals surface area contributed by atoms with Gasteiger partial charge in [0, 0.05) is 18.2 Å². The van der Waals surface area contributed by atoms with Crippen LogP contribution in [0.4, 0.5) is 17.6 Å². The lowest BCUT2D eigenvalue weighted by molar-refractivity contribution is -0.140. The molecule has 0 aliphatic carbocycles. The highest BCUT2D eigenvalue weighted by Gasteiger charge is 2.34. The minimum absolute atomic E-state index is 0. The van der Waals surface area contributed by atoms with Crippen molar-refractivity contribution in [3.05, 3.63) is 35.1 Å². The molecule has 0 saturated heterocycles. The number of hydrogen-bond acceptors (Lipinski definition) is 2. The van der Waals surface area contributed by atoms with Crippen LogP contribution in [0.1, 0.15) is 29.3 Å². The third-order valence-corrected chi connectivity index (χ3v) is 2.42. The van der Waals surface area contributed by atoms with E-state index in [1.54, 1.807) is 6.92 Å². The quantitative estimate of drug-likeness (QED) is 0.840. The highest BCUT2D eigenvalue weighted by molar-refractivity contribution is 5.94. The molecule has 0 spiro atoms. The summed E-state index contributed by atoms with van der Waals surface area (Å²) in [5, 5.41) is 2.42. The molecule has 1 atom stereocenters. The first-order valence-corrected chi connectivity index (χ1v) is 5.62. The molecule has 0 aliphatic heterocycles. The lowest BCUT2D eigenvalue weighted by Crippen LogP contribution is -2.29. The van der Waals surface area contributed by atoms with Gasteiger partial charge in [0.15, 0.2) is 0 Å².